The Balaban J connectivity index is 1.52. The van der Waals surface area contributed by atoms with E-state index in [-0.39, 0.29) is 23.3 Å². The maximum atomic E-state index is 13.3. The molecule has 30 heavy (non-hydrogen) atoms. The van der Waals surface area contributed by atoms with Crippen molar-refractivity contribution in [1.82, 2.24) is 19.8 Å². The van der Waals surface area contributed by atoms with Crippen molar-refractivity contribution >= 4 is 27.3 Å². The molecule has 1 saturated carbocycles. The van der Waals surface area contributed by atoms with Gasteiger partial charge in [-0.3, -0.25) is 4.79 Å². The molecule has 0 spiro atoms. The minimum atomic E-state index is -3.69. The number of carbonyl (C=O) groups excluding carboxylic acids is 1. The molecule has 1 saturated heterocycles. The number of nitrogens with zero attached hydrogens (tertiary/aromatic N) is 3. The van der Waals surface area contributed by atoms with Crippen molar-refractivity contribution in [2.24, 2.45) is 5.92 Å². The van der Waals surface area contributed by atoms with Gasteiger partial charge in [0.1, 0.15) is 0 Å². The van der Waals surface area contributed by atoms with Crippen LogP contribution in [-0.2, 0) is 14.8 Å². The molecule has 164 valence electrons. The predicted molar refractivity (Wildman–Crippen MR) is 114 cm³/mol. The molecule has 1 atom stereocenters. The largest absolute Gasteiger partial charge is 0.356 e. The van der Waals surface area contributed by atoms with Crippen LogP contribution in [0.5, 0.6) is 0 Å². The van der Waals surface area contributed by atoms with Gasteiger partial charge in [-0.15, -0.1) is 11.3 Å². The van der Waals surface area contributed by atoms with Gasteiger partial charge in [-0.2, -0.15) is 9.29 Å². The van der Waals surface area contributed by atoms with E-state index in [1.165, 1.54) is 22.1 Å². The second-order valence-electron chi connectivity index (χ2n) is 8.11. The summed E-state index contributed by atoms with van der Waals surface area (Å²) in [5.74, 6) is 1.06. The summed E-state index contributed by atoms with van der Waals surface area (Å²) in [5, 5.41) is 6.95. The van der Waals surface area contributed by atoms with E-state index in [0.717, 1.165) is 19.3 Å². The van der Waals surface area contributed by atoms with Crippen LogP contribution in [0, 0.1) is 12.8 Å². The third kappa shape index (κ3) is 4.17. The summed E-state index contributed by atoms with van der Waals surface area (Å²) in [6, 6.07) is 1.64. The maximum Gasteiger partial charge on any atom is 0.244 e. The van der Waals surface area contributed by atoms with Crippen LogP contribution in [0.3, 0.4) is 0 Å². The highest BCUT2D eigenvalue weighted by molar-refractivity contribution is 7.89. The number of aryl methyl sites for hydroxylation is 1. The minimum Gasteiger partial charge on any atom is -0.356 e. The average Bonchev–Trinajstić information content (AvgIpc) is 3.32. The summed E-state index contributed by atoms with van der Waals surface area (Å²) in [4.78, 5) is 18.5. The fourth-order valence-electron chi connectivity index (χ4n) is 3.89. The number of rotatable bonds is 7. The summed E-state index contributed by atoms with van der Waals surface area (Å²) in [6.45, 7) is 5.05. The summed E-state index contributed by atoms with van der Waals surface area (Å²) < 4.78 is 33.5. The zero-order valence-electron chi connectivity index (χ0n) is 17.4. The van der Waals surface area contributed by atoms with Crippen molar-refractivity contribution in [1.29, 1.82) is 0 Å². The molecular formula is C20H28N4O4S2. The number of hydrogen-bond acceptors (Lipinski definition) is 7. The summed E-state index contributed by atoms with van der Waals surface area (Å²) in [6.07, 6.45) is 5.54. The lowest BCUT2D eigenvalue weighted by Gasteiger charge is -2.31. The lowest BCUT2D eigenvalue weighted by Crippen LogP contribution is -2.45. The number of thiophene rings is 1. The molecular weight excluding hydrogens is 424 g/mol. The van der Waals surface area contributed by atoms with E-state index in [1.807, 2.05) is 6.92 Å². The van der Waals surface area contributed by atoms with Gasteiger partial charge in [-0.25, -0.2) is 8.42 Å². The first kappa shape index (κ1) is 21.5. The number of carbonyl (C=O) groups is 1. The third-order valence-corrected chi connectivity index (χ3v) is 9.08. The first-order chi connectivity index (χ1) is 14.4. The number of sulfonamides is 1. The number of nitrogens with one attached hydrogen (secondary N) is 1. The number of aromatic nitrogens is 2. The van der Waals surface area contributed by atoms with Crippen LogP contribution in [0.4, 0.5) is 0 Å². The first-order valence-corrected chi connectivity index (χ1v) is 12.9. The molecule has 2 aromatic heterocycles. The number of piperidine rings is 1. The highest BCUT2D eigenvalue weighted by atomic mass is 32.2. The van der Waals surface area contributed by atoms with Crippen molar-refractivity contribution in [3.8, 4) is 10.7 Å². The summed E-state index contributed by atoms with van der Waals surface area (Å²) in [5.41, 5.74) is 0. The fourth-order valence-corrected chi connectivity index (χ4v) is 6.90. The molecule has 0 unspecified atom stereocenters. The highest BCUT2D eigenvalue weighted by Gasteiger charge is 2.35. The Bertz CT molecular complexity index is 1010. The van der Waals surface area contributed by atoms with Gasteiger partial charge in [0, 0.05) is 30.4 Å². The molecule has 0 aromatic carbocycles. The molecule has 4 rings (SSSR count). The molecule has 2 aliphatic rings. The van der Waals surface area contributed by atoms with Crippen LogP contribution in [0.15, 0.2) is 15.5 Å². The van der Waals surface area contributed by atoms with Crippen molar-refractivity contribution < 1.29 is 17.7 Å². The minimum absolute atomic E-state index is 0.0604. The van der Waals surface area contributed by atoms with Crippen LogP contribution < -0.4 is 5.32 Å². The van der Waals surface area contributed by atoms with Crippen LogP contribution in [0.1, 0.15) is 62.1 Å². The molecule has 10 heteroatoms. The van der Waals surface area contributed by atoms with E-state index in [0.29, 0.717) is 53.3 Å². The Kier molecular flexibility index (Phi) is 6.26. The van der Waals surface area contributed by atoms with E-state index < -0.39 is 10.0 Å². The van der Waals surface area contributed by atoms with Crippen LogP contribution in [-0.4, -0.2) is 48.4 Å². The second-order valence-corrected chi connectivity index (χ2v) is 11.3. The van der Waals surface area contributed by atoms with E-state index in [4.69, 9.17) is 4.52 Å². The zero-order chi connectivity index (χ0) is 21.3. The smallest absolute Gasteiger partial charge is 0.244 e. The molecule has 8 nitrogen and oxygen atoms in total. The Morgan fingerprint density at radius 1 is 1.33 bits per heavy atom. The van der Waals surface area contributed by atoms with Gasteiger partial charge < -0.3 is 9.84 Å². The number of hydrogen-bond donors (Lipinski definition) is 1. The van der Waals surface area contributed by atoms with E-state index >= 15 is 0 Å². The van der Waals surface area contributed by atoms with Crippen LogP contribution in [0.2, 0.25) is 0 Å². The van der Waals surface area contributed by atoms with Gasteiger partial charge in [-0.1, -0.05) is 18.5 Å². The normalized spacial score (nSPS) is 20.8. The predicted octanol–water partition coefficient (Wildman–Crippen LogP) is 3.30. The van der Waals surface area contributed by atoms with Crippen molar-refractivity contribution in [3.05, 3.63) is 16.8 Å². The van der Waals surface area contributed by atoms with Crippen LogP contribution in [0.25, 0.3) is 10.7 Å². The molecule has 1 aliphatic carbocycles. The Morgan fingerprint density at radius 3 is 2.83 bits per heavy atom. The second kappa shape index (κ2) is 8.76. The molecule has 2 aromatic rings. The topological polar surface area (TPSA) is 105 Å². The van der Waals surface area contributed by atoms with Gasteiger partial charge in [0.05, 0.1) is 15.7 Å². The van der Waals surface area contributed by atoms with Crippen molar-refractivity contribution in [2.75, 3.05) is 19.6 Å². The molecule has 1 N–H and O–H groups in total. The van der Waals surface area contributed by atoms with Gasteiger partial charge in [0.25, 0.3) is 0 Å². The molecule has 1 aliphatic heterocycles. The highest BCUT2D eigenvalue weighted by Crippen LogP contribution is 2.38. The Morgan fingerprint density at radius 2 is 2.13 bits per heavy atom. The standard InChI is InChI=1S/C20H28N4O4S2/c1-3-9-21-19(25)15-8-5-10-24(12-15)30(26,27)17-11-16(29-13(17)2)18-22-20(28-23-18)14-6-4-7-14/h11,14-15H,3-10,12H2,1-2H3,(H,21,25)/t15-/m1/s1. The van der Waals surface area contributed by atoms with E-state index in [1.54, 1.807) is 13.0 Å². The molecule has 2 fully saturated rings. The maximum absolute atomic E-state index is 13.3. The van der Waals surface area contributed by atoms with Crippen molar-refractivity contribution in [2.45, 2.75) is 63.2 Å². The third-order valence-electron chi connectivity index (χ3n) is 5.91. The SMILES string of the molecule is CCCNC(=O)[C@@H]1CCCN(S(=O)(=O)c2cc(-c3noc(C4CCC4)n3)sc2C)C1. The number of amides is 1. The van der Waals surface area contributed by atoms with Gasteiger partial charge in [0.15, 0.2) is 0 Å². The lowest BCUT2D eigenvalue weighted by molar-refractivity contribution is -0.126. The van der Waals surface area contributed by atoms with E-state index in [2.05, 4.69) is 15.5 Å². The quantitative estimate of drug-likeness (QED) is 0.691. The molecule has 1 amide bonds. The van der Waals surface area contributed by atoms with Gasteiger partial charge in [-0.05, 0) is 45.1 Å². The Labute approximate surface area is 181 Å². The lowest BCUT2D eigenvalue weighted by atomic mass is 9.85. The average molecular weight is 453 g/mol. The summed E-state index contributed by atoms with van der Waals surface area (Å²) in [7, 11) is -3.69. The summed E-state index contributed by atoms with van der Waals surface area (Å²) >= 11 is 1.36. The fraction of sp³-hybridized carbons (Fsp3) is 0.650. The van der Waals surface area contributed by atoms with Gasteiger partial charge in [0.2, 0.25) is 27.6 Å². The molecule has 0 bridgehead atoms. The zero-order valence-corrected chi connectivity index (χ0v) is 19.0. The van der Waals surface area contributed by atoms with Crippen molar-refractivity contribution in [3.63, 3.8) is 0 Å². The molecule has 0 radical (unpaired) electrons. The van der Waals surface area contributed by atoms with Crippen LogP contribution >= 0.6 is 11.3 Å². The monoisotopic (exact) mass is 452 g/mol. The first-order valence-electron chi connectivity index (χ1n) is 10.6. The molecule has 3 heterocycles. The van der Waals surface area contributed by atoms with E-state index in [9.17, 15) is 13.2 Å². The van der Waals surface area contributed by atoms with Gasteiger partial charge >= 0.3 is 0 Å². The Hall–Kier alpha value is -1.78.